The first-order valence-corrected chi connectivity index (χ1v) is 6.22. The largest absolute Gasteiger partial charge is 0.197 e. The molecule has 0 aromatic heterocycles. The van der Waals surface area contributed by atoms with E-state index in [0.29, 0.717) is 11.7 Å². The van der Waals surface area contributed by atoms with Crippen molar-refractivity contribution in [2.45, 2.75) is 31.6 Å². The number of nitrogens with zero attached hydrogens (tertiary/aromatic N) is 1. The van der Waals surface area contributed by atoms with Crippen molar-refractivity contribution in [2.24, 2.45) is 0 Å². The number of hydrogen-bond acceptors (Lipinski definition) is 2. The quantitative estimate of drug-likeness (QED) is 0.731. The predicted molar refractivity (Wildman–Crippen MR) is 66.6 cm³/mol. The average Bonchev–Trinajstić information content (AvgIpc) is 2.19. The van der Waals surface area contributed by atoms with Crippen molar-refractivity contribution in [1.29, 1.82) is 5.26 Å². The van der Waals surface area contributed by atoms with Crippen LogP contribution in [0.15, 0.2) is 17.0 Å². The molecule has 0 saturated heterocycles. The van der Waals surface area contributed by atoms with Crippen LogP contribution in [0, 0.1) is 18.3 Å². The second-order valence-electron chi connectivity index (χ2n) is 3.74. The zero-order valence-electron chi connectivity index (χ0n) is 9.17. The number of aryl methyl sites for hydroxylation is 1. The molecular formula is C12H14ClNS. The van der Waals surface area contributed by atoms with E-state index in [1.807, 2.05) is 13.0 Å². The molecule has 1 aromatic rings. The molecule has 0 amide bonds. The second-order valence-corrected chi connectivity index (χ2v) is 5.17. The minimum atomic E-state index is 0.460. The Hall–Kier alpha value is -0.650. The number of rotatable bonds is 3. The van der Waals surface area contributed by atoms with E-state index in [1.165, 1.54) is 5.56 Å². The highest BCUT2D eigenvalue weighted by Crippen LogP contribution is 2.32. The molecule has 80 valence electrons. The summed E-state index contributed by atoms with van der Waals surface area (Å²) in [6, 6.07) is 6.22. The summed E-state index contributed by atoms with van der Waals surface area (Å²) in [7, 11) is 0. The van der Waals surface area contributed by atoms with E-state index >= 15 is 0 Å². The molecule has 0 spiro atoms. The van der Waals surface area contributed by atoms with Crippen molar-refractivity contribution in [3.63, 3.8) is 0 Å². The highest BCUT2D eigenvalue weighted by molar-refractivity contribution is 7.99. The van der Waals surface area contributed by atoms with E-state index < -0.39 is 0 Å². The van der Waals surface area contributed by atoms with E-state index in [4.69, 9.17) is 16.9 Å². The van der Waals surface area contributed by atoms with E-state index in [2.05, 4.69) is 26.0 Å². The van der Waals surface area contributed by atoms with E-state index in [9.17, 15) is 0 Å². The molecule has 0 unspecified atom stereocenters. The van der Waals surface area contributed by atoms with E-state index in [1.54, 1.807) is 11.8 Å². The normalized spacial score (nSPS) is 10.4. The average molecular weight is 240 g/mol. The molecule has 0 aliphatic carbocycles. The van der Waals surface area contributed by atoms with Gasteiger partial charge in [0.2, 0.25) is 0 Å². The van der Waals surface area contributed by atoms with Crippen LogP contribution in [0.3, 0.4) is 0 Å². The first-order valence-electron chi connectivity index (χ1n) is 4.86. The van der Waals surface area contributed by atoms with E-state index in [0.717, 1.165) is 15.5 Å². The van der Waals surface area contributed by atoms with Gasteiger partial charge in [-0.05, 0) is 30.0 Å². The molecule has 0 saturated carbocycles. The number of benzene rings is 1. The van der Waals surface area contributed by atoms with Gasteiger partial charge in [0.05, 0.1) is 11.8 Å². The second kappa shape index (κ2) is 5.44. The molecule has 3 heteroatoms. The van der Waals surface area contributed by atoms with Crippen molar-refractivity contribution in [3.05, 3.63) is 28.3 Å². The third kappa shape index (κ3) is 3.15. The van der Waals surface area contributed by atoms with Crippen molar-refractivity contribution in [3.8, 4) is 6.07 Å². The molecule has 0 heterocycles. The Labute approximate surface area is 100 Å². The highest BCUT2D eigenvalue weighted by Gasteiger charge is 2.09. The van der Waals surface area contributed by atoms with Gasteiger partial charge in [-0.3, -0.25) is 0 Å². The molecule has 0 fully saturated rings. The Morgan fingerprint density at radius 3 is 2.67 bits per heavy atom. The summed E-state index contributed by atoms with van der Waals surface area (Å²) >= 11 is 7.63. The van der Waals surface area contributed by atoms with Crippen LogP contribution in [-0.2, 0) is 0 Å². The molecule has 0 N–H and O–H groups in total. The fourth-order valence-corrected chi connectivity index (χ4v) is 2.48. The van der Waals surface area contributed by atoms with Gasteiger partial charge in [0, 0.05) is 9.92 Å². The lowest BCUT2D eigenvalue weighted by Gasteiger charge is -2.13. The topological polar surface area (TPSA) is 23.8 Å². The molecule has 0 radical (unpaired) electrons. The molecule has 1 nitrogen and oxygen atoms in total. The van der Waals surface area contributed by atoms with Crippen LogP contribution in [-0.4, -0.2) is 5.75 Å². The molecular weight excluding hydrogens is 226 g/mol. The minimum absolute atomic E-state index is 0.460. The SMILES string of the molecule is Cc1cc(C(C)C)c(SCC#N)cc1Cl. The Morgan fingerprint density at radius 2 is 2.13 bits per heavy atom. The van der Waals surface area contributed by atoms with Crippen molar-refractivity contribution in [2.75, 3.05) is 5.75 Å². The molecule has 1 aromatic carbocycles. The third-order valence-electron chi connectivity index (χ3n) is 2.21. The monoisotopic (exact) mass is 239 g/mol. The van der Waals surface area contributed by atoms with Crippen molar-refractivity contribution < 1.29 is 0 Å². The standard InChI is InChI=1S/C12H14ClNS/c1-8(2)10-6-9(3)11(13)7-12(10)15-5-4-14/h6-8H,5H2,1-3H3. The third-order valence-corrected chi connectivity index (χ3v) is 3.55. The molecule has 0 atom stereocenters. The Morgan fingerprint density at radius 1 is 1.47 bits per heavy atom. The Bertz CT molecular complexity index is 393. The smallest absolute Gasteiger partial charge is 0.0855 e. The summed E-state index contributed by atoms with van der Waals surface area (Å²) in [5.74, 6) is 0.932. The highest BCUT2D eigenvalue weighted by atomic mass is 35.5. The molecule has 0 aliphatic rings. The molecule has 0 bridgehead atoms. The molecule has 1 rings (SSSR count). The maximum Gasteiger partial charge on any atom is 0.0855 e. The van der Waals surface area contributed by atoms with Gasteiger partial charge in [-0.15, -0.1) is 11.8 Å². The van der Waals surface area contributed by atoms with Gasteiger partial charge in [-0.1, -0.05) is 31.5 Å². The lowest BCUT2D eigenvalue weighted by atomic mass is 10.0. The van der Waals surface area contributed by atoms with Crippen LogP contribution in [0.5, 0.6) is 0 Å². The number of thioether (sulfide) groups is 1. The van der Waals surface area contributed by atoms with Crippen molar-refractivity contribution >= 4 is 23.4 Å². The van der Waals surface area contributed by atoms with Crippen LogP contribution < -0.4 is 0 Å². The predicted octanol–water partition coefficient (Wildman–Crippen LogP) is 4.39. The number of hydrogen-bond donors (Lipinski definition) is 0. The Kier molecular flexibility index (Phi) is 4.50. The van der Waals surface area contributed by atoms with Gasteiger partial charge < -0.3 is 0 Å². The van der Waals surface area contributed by atoms with Crippen LogP contribution in [0.2, 0.25) is 5.02 Å². The van der Waals surface area contributed by atoms with Crippen LogP contribution in [0.4, 0.5) is 0 Å². The first kappa shape index (κ1) is 12.4. The maximum absolute atomic E-state index is 8.58. The number of nitriles is 1. The fourth-order valence-electron chi connectivity index (χ4n) is 1.37. The fraction of sp³-hybridized carbons (Fsp3) is 0.417. The molecule has 0 aliphatic heterocycles. The first-order chi connectivity index (χ1) is 7.06. The van der Waals surface area contributed by atoms with Crippen LogP contribution in [0.1, 0.15) is 30.9 Å². The van der Waals surface area contributed by atoms with Gasteiger partial charge in [0.1, 0.15) is 0 Å². The minimum Gasteiger partial charge on any atom is -0.197 e. The summed E-state index contributed by atoms with van der Waals surface area (Å²) in [5.41, 5.74) is 2.37. The zero-order valence-corrected chi connectivity index (χ0v) is 10.7. The summed E-state index contributed by atoms with van der Waals surface area (Å²) in [6.07, 6.45) is 0. The van der Waals surface area contributed by atoms with Gasteiger partial charge in [0.25, 0.3) is 0 Å². The molecule has 15 heavy (non-hydrogen) atoms. The van der Waals surface area contributed by atoms with Crippen LogP contribution in [0.25, 0.3) is 0 Å². The van der Waals surface area contributed by atoms with E-state index in [-0.39, 0.29) is 0 Å². The number of halogens is 1. The zero-order chi connectivity index (χ0) is 11.4. The van der Waals surface area contributed by atoms with Gasteiger partial charge in [0.15, 0.2) is 0 Å². The van der Waals surface area contributed by atoms with Crippen LogP contribution >= 0.6 is 23.4 Å². The summed E-state index contributed by atoms with van der Waals surface area (Å²) < 4.78 is 0. The van der Waals surface area contributed by atoms with Crippen molar-refractivity contribution in [1.82, 2.24) is 0 Å². The Balaban J connectivity index is 3.11. The van der Waals surface area contributed by atoms with Gasteiger partial charge in [-0.2, -0.15) is 5.26 Å². The summed E-state index contributed by atoms with van der Waals surface area (Å²) in [6.45, 7) is 6.31. The van der Waals surface area contributed by atoms with Gasteiger partial charge in [-0.25, -0.2) is 0 Å². The lowest BCUT2D eigenvalue weighted by Crippen LogP contribution is -1.93. The maximum atomic E-state index is 8.58. The lowest BCUT2D eigenvalue weighted by molar-refractivity contribution is 0.840. The summed E-state index contributed by atoms with van der Waals surface area (Å²) in [4.78, 5) is 1.13. The van der Waals surface area contributed by atoms with Gasteiger partial charge >= 0.3 is 0 Å². The summed E-state index contributed by atoms with van der Waals surface area (Å²) in [5, 5.41) is 9.35.